The van der Waals surface area contributed by atoms with E-state index >= 15 is 0 Å². The summed E-state index contributed by atoms with van der Waals surface area (Å²) >= 11 is 9.34. The van der Waals surface area contributed by atoms with Gasteiger partial charge in [-0.25, -0.2) is 0 Å². The summed E-state index contributed by atoms with van der Waals surface area (Å²) < 4.78 is 11.7. The third kappa shape index (κ3) is 5.44. The summed E-state index contributed by atoms with van der Waals surface area (Å²) in [6, 6.07) is 12.5. The van der Waals surface area contributed by atoms with Gasteiger partial charge in [-0.15, -0.1) is 0 Å². The first-order valence-electron chi connectivity index (χ1n) is 7.19. The maximum Gasteiger partial charge on any atom is 0.252 e. The van der Waals surface area contributed by atoms with Gasteiger partial charge in [-0.1, -0.05) is 27.5 Å². The number of amides is 1. The maximum atomic E-state index is 12.1. The molecule has 0 saturated heterocycles. The van der Waals surface area contributed by atoms with E-state index in [9.17, 15) is 4.79 Å². The Morgan fingerprint density at radius 2 is 1.78 bits per heavy atom. The third-order valence-electron chi connectivity index (χ3n) is 2.96. The van der Waals surface area contributed by atoms with Gasteiger partial charge in [-0.2, -0.15) is 0 Å². The lowest BCUT2D eigenvalue weighted by atomic mass is 10.2. The molecule has 0 saturated carbocycles. The highest BCUT2D eigenvalue weighted by molar-refractivity contribution is 9.10. The van der Waals surface area contributed by atoms with Gasteiger partial charge in [-0.3, -0.25) is 4.79 Å². The van der Waals surface area contributed by atoms with E-state index in [1.54, 1.807) is 18.2 Å². The number of benzene rings is 2. The summed E-state index contributed by atoms with van der Waals surface area (Å²) in [5.41, 5.74) is 0.433. The van der Waals surface area contributed by atoms with Crippen molar-refractivity contribution in [2.24, 2.45) is 0 Å². The van der Waals surface area contributed by atoms with Crippen molar-refractivity contribution in [3.05, 3.63) is 57.5 Å². The van der Waals surface area contributed by atoms with Crippen LogP contribution in [-0.2, 0) is 0 Å². The van der Waals surface area contributed by atoms with E-state index in [0.29, 0.717) is 30.3 Å². The molecule has 0 unspecified atom stereocenters. The van der Waals surface area contributed by atoms with Crippen LogP contribution in [0.3, 0.4) is 0 Å². The Labute approximate surface area is 148 Å². The van der Waals surface area contributed by atoms with E-state index in [-0.39, 0.29) is 5.91 Å². The van der Waals surface area contributed by atoms with Crippen LogP contribution in [0.1, 0.15) is 17.3 Å². The summed E-state index contributed by atoms with van der Waals surface area (Å²) in [4.78, 5) is 12.1. The lowest BCUT2D eigenvalue weighted by Crippen LogP contribution is -2.28. The van der Waals surface area contributed by atoms with Crippen LogP contribution >= 0.6 is 27.5 Å². The van der Waals surface area contributed by atoms with Gasteiger partial charge in [0.1, 0.15) is 18.1 Å². The SMILES string of the molecule is CCOc1ccc(OCCNC(=O)c2cc(Br)ccc2Cl)cc1. The maximum absolute atomic E-state index is 12.1. The molecule has 0 heterocycles. The molecule has 2 rings (SSSR count). The van der Waals surface area contributed by atoms with Crippen molar-refractivity contribution in [1.82, 2.24) is 5.32 Å². The molecule has 0 aromatic heterocycles. The van der Waals surface area contributed by atoms with Gasteiger partial charge >= 0.3 is 0 Å². The fourth-order valence-corrected chi connectivity index (χ4v) is 2.46. The predicted molar refractivity (Wildman–Crippen MR) is 94.6 cm³/mol. The van der Waals surface area contributed by atoms with Gasteiger partial charge in [0.05, 0.1) is 23.7 Å². The van der Waals surface area contributed by atoms with Gasteiger partial charge in [0.15, 0.2) is 0 Å². The molecular weight excluding hydrogens is 382 g/mol. The van der Waals surface area contributed by atoms with Crippen LogP contribution in [0.25, 0.3) is 0 Å². The molecule has 0 aliphatic heterocycles. The fourth-order valence-electron chi connectivity index (χ4n) is 1.90. The molecule has 122 valence electrons. The van der Waals surface area contributed by atoms with E-state index in [1.165, 1.54) is 0 Å². The Morgan fingerprint density at radius 1 is 1.13 bits per heavy atom. The summed E-state index contributed by atoms with van der Waals surface area (Å²) in [5, 5.41) is 3.19. The number of ether oxygens (including phenoxy) is 2. The average Bonchev–Trinajstić information content (AvgIpc) is 2.55. The summed E-state index contributed by atoms with van der Waals surface area (Å²) in [5.74, 6) is 1.30. The van der Waals surface area contributed by atoms with Crippen LogP contribution in [0, 0.1) is 0 Å². The molecule has 4 nitrogen and oxygen atoms in total. The van der Waals surface area contributed by atoms with Crippen LogP contribution in [0.15, 0.2) is 46.9 Å². The van der Waals surface area contributed by atoms with Crippen LogP contribution in [0.4, 0.5) is 0 Å². The van der Waals surface area contributed by atoms with Crippen molar-refractivity contribution in [3.63, 3.8) is 0 Å². The van der Waals surface area contributed by atoms with Gasteiger partial charge in [0, 0.05) is 4.47 Å². The Morgan fingerprint density at radius 3 is 2.43 bits per heavy atom. The minimum absolute atomic E-state index is 0.230. The Bertz CT molecular complexity index is 661. The average molecular weight is 399 g/mol. The molecule has 0 bridgehead atoms. The standard InChI is InChI=1S/C17H17BrClNO3/c1-2-22-13-4-6-14(7-5-13)23-10-9-20-17(21)15-11-12(18)3-8-16(15)19/h3-8,11H,2,9-10H2,1H3,(H,20,21). The van der Waals surface area contributed by atoms with Crippen LogP contribution in [-0.4, -0.2) is 25.7 Å². The smallest absolute Gasteiger partial charge is 0.252 e. The number of nitrogens with one attached hydrogen (secondary N) is 1. The van der Waals surface area contributed by atoms with Crippen molar-refractivity contribution in [2.45, 2.75) is 6.92 Å². The Hall–Kier alpha value is -1.72. The zero-order valence-corrected chi connectivity index (χ0v) is 15.0. The van der Waals surface area contributed by atoms with Gasteiger partial charge in [0.2, 0.25) is 0 Å². The number of carbonyl (C=O) groups excluding carboxylic acids is 1. The molecule has 0 fully saturated rings. The molecule has 0 atom stereocenters. The second-order valence-electron chi connectivity index (χ2n) is 4.63. The molecule has 2 aromatic rings. The largest absolute Gasteiger partial charge is 0.494 e. The summed E-state index contributed by atoms with van der Waals surface area (Å²) in [6.45, 7) is 3.31. The van der Waals surface area contributed by atoms with Crippen LogP contribution in [0.2, 0.25) is 5.02 Å². The minimum atomic E-state index is -0.230. The number of halogens is 2. The molecule has 2 aromatic carbocycles. The van der Waals surface area contributed by atoms with Crippen LogP contribution in [0.5, 0.6) is 11.5 Å². The highest BCUT2D eigenvalue weighted by atomic mass is 79.9. The molecule has 0 aliphatic rings. The third-order valence-corrected chi connectivity index (χ3v) is 3.79. The summed E-state index contributed by atoms with van der Waals surface area (Å²) in [6.07, 6.45) is 0. The zero-order chi connectivity index (χ0) is 16.7. The topological polar surface area (TPSA) is 47.6 Å². The number of carbonyl (C=O) groups is 1. The van der Waals surface area contributed by atoms with E-state index in [0.717, 1.165) is 16.0 Å². The highest BCUT2D eigenvalue weighted by Crippen LogP contribution is 2.21. The molecule has 0 aliphatic carbocycles. The zero-order valence-electron chi connectivity index (χ0n) is 12.6. The fraction of sp³-hybridized carbons (Fsp3) is 0.235. The molecule has 23 heavy (non-hydrogen) atoms. The van der Waals surface area contributed by atoms with Crippen molar-refractivity contribution in [1.29, 1.82) is 0 Å². The number of rotatable bonds is 7. The minimum Gasteiger partial charge on any atom is -0.494 e. The molecule has 6 heteroatoms. The van der Waals surface area contributed by atoms with Gasteiger partial charge in [0.25, 0.3) is 5.91 Å². The number of hydrogen-bond donors (Lipinski definition) is 1. The predicted octanol–water partition coefficient (Wildman–Crippen LogP) is 4.31. The lowest BCUT2D eigenvalue weighted by molar-refractivity contribution is 0.0947. The van der Waals surface area contributed by atoms with Crippen molar-refractivity contribution in [3.8, 4) is 11.5 Å². The first-order valence-corrected chi connectivity index (χ1v) is 8.36. The Kier molecular flexibility index (Phi) is 6.74. The molecule has 0 radical (unpaired) electrons. The quantitative estimate of drug-likeness (QED) is 0.707. The Balaban J connectivity index is 1.78. The molecule has 1 amide bonds. The van der Waals surface area contributed by atoms with E-state index in [4.69, 9.17) is 21.1 Å². The van der Waals surface area contributed by atoms with Crippen LogP contribution < -0.4 is 14.8 Å². The second-order valence-corrected chi connectivity index (χ2v) is 5.96. The highest BCUT2D eigenvalue weighted by Gasteiger charge is 2.10. The molecule has 0 spiro atoms. The lowest BCUT2D eigenvalue weighted by Gasteiger charge is -2.09. The normalized spacial score (nSPS) is 10.2. The van der Waals surface area contributed by atoms with Gasteiger partial charge in [-0.05, 0) is 49.4 Å². The van der Waals surface area contributed by atoms with Crippen molar-refractivity contribution < 1.29 is 14.3 Å². The molecular formula is C17H17BrClNO3. The summed E-state index contributed by atoms with van der Waals surface area (Å²) in [7, 11) is 0. The first kappa shape index (κ1) is 17.6. The van der Waals surface area contributed by atoms with Crippen molar-refractivity contribution >= 4 is 33.4 Å². The molecule has 1 N–H and O–H groups in total. The van der Waals surface area contributed by atoms with Crippen molar-refractivity contribution in [2.75, 3.05) is 19.8 Å². The first-order chi connectivity index (χ1) is 11.1. The van der Waals surface area contributed by atoms with E-state index in [2.05, 4.69) is 21.2 Å². The van der Waals surface area contributed by atoms with E-state index in [1.807, 2.05) is 31.2 Å². The monoisotopic (exact) mass is 397 g/mol. The number of hydrogen-bond acceptors (Lipinski definition) is 3. The van der Waals surface area contributed by atoms with Gasteiger partial charge < -0.3 is 14.8 Å². The second kappa shape index (κ2) is 8.79. The van der Waals surface area contributed by atoms with E-state index < -0.39 is 0 Å².